The molecule has 0 spiro atoms. The monoisotopic (exact) mass is 236 g/mol. The molecule has 0 aromatic heterocycles. The minimum Gasteiger partial charge on any atom is -0.398 e. The van der Waals surface area contributed by atoms with Gasteiger partial charge in [0.25, 0.3) is 0 Å². The second-order valence-electron chi connectivity index (χ2n) is 4.25. The van der Waals surface area contributed by atoms with Gasteiger partial charge < -0.3 is 11.1 Å². The Morgan fingerprint density at radius 2 is 2.24 bits per heavy atom. The molecule has 17 heavy (non-hydrogen) atoms. The number of benzene rings is 1. The topological polar surface area (TPSA) is 72.2 Å². The number of fused-ring (bicyclic) bond motifs is 1. The molecular weight excluding hydrogens is 223 g/mol. The Kier molecular flexibility index (Phi) is 2.61. The first-order valence-electron chi connectivity index (χ1n) is 5.30. The third kappa shape index (κ3) is 1.77. The van der Waals surface area contributed by atoms with Crippen LogP contribution in [0.1, 0.15) is 28.4 Å². The number of Topliss-reactive ketones (excluding diaryl/α,β-unsaturated/α-hetero) is 1. The minimum atomic E-state index is -0.620. The van der Waals surface area contributed by atoms with Crippen LogP contribution in [-0.4, -0.2) is 17.7 Å². The lowest BCUT2D eigenvalue weighted by Gasteiger charge is -2.07. The Morgan fingerprint density at radius 1 is 1.59 bits per heavy atom. The third-order valence-corrected chi connectivity index (χ3v) is 3.03. The van der Waals surface area contributed by atoms with Crippen molar-refractivity contribution < 1.29 is 14.0 Å². The van der Waals surface area contributed by atoms with Crippen molar-refractivity contribution in [2.45, 2.75) is 26.3 Å². The first-order chi connectivity index (χ1) is 7.91. The number of carbonyl (C=O) groups excluding carboxylic acids is 2. The van der Waals surface area contributed by atoms with E-state index in [9.17, 15) is 14.0 Å². The van der Waals surface area contributed by atoms with Gasteiger partial charge in [0.05, 0.1) is 6.04 Å². The summed E-state index contributed by atoms with van der Waals surface area (Å²) in [6.45, 7) is 2.95. The molecule has 0 aliphatic heterocycles. The summed E-state index contributed by atoms with van der Waals surface area (Å²) in [7, 11) is 0. The van der Waals surface area contributed by atoms with Crippen LogP contribution < -0.4 is 11.1 Å². The van der Waals surface area contributed by atoms with Crippen molar-refractivity contribution in [3.8, 4) is 0 Å². The zero-order chi connectivity index (χ0) is 12.7. The molecule has 0 saturated heterocycles. The predicted octanol–water partition coefficient (Wildman–Crippen LogP) is 0.960. The van der Waals surface area contributed by atoms with Gasteiger partial charge in [-0.25, -0.2) is 4.39 Å². The Bertz CT molecular complexity index is 526. The molecule has 0 saturated carbocycles. The molecule has 0 bridgehead atoms. The highest BCUT2D eigenvalue weighted by molar-refractivity contribution is 6.09. The Hall–Kier alpha value is -1.91. The fourth-order valence-corrected chi connectivity index (χ4v) is 2.20. The van der Waals surface area contributed by atoms with Crippen molar-refractivity contribution in [3.63, 3.8) is 0 Å². The number of carbonyl (C=O) groups is 2. The maximum absolute atomic E-state index is 13.5. The van der Waals surface area contributed by atoms with E-state index in [1.807, 2.05) is 0 Å². The Morgan fingerprint density at radius 3 is 2.82 bits per heavy atom. The van der Waals surface area contributed by atoms with Crippen LogP contribution in [0, 0.1) is 12.7 Å². The van der Waals surface area contributed by atoms with Crippen molar-refractivity contribution in [2.75, 3.05) is 5.73 Å². The number of nitrogens with two attached hydrogens (primary N) is 1. The first-order valence-corrected chi connectivity index (χ1v) is 5.30. The summed E-state index contributed by atoms with van der Waals surface area (Å²) in [5, 5.41) is 2.55. The van der Waals surface area contributed by atoms with E-state index < -0.39 is 11.9 Å². The molecule has 1 unspecified atom stereocenters. The number of ketones is 1. The molecule has 0 heterocycles. The molecule has 5 heteroatoms. The van der Waals surface area contributed by atoms with Crippen LogP contribution in [0.2, 0.25) is 0 Å². The molecule has 1 aliphatic carbocycles. The maximum Gasteiger partial charge on any atom is 0.217 e. The quantitative estimate of drug-likeness (QED) is 0.713. The van der Waals surface area contributed by atoms with Gasteiger partial charge in [-0.1, -0.05) is 0 Å². The van der Waals surface area contributed by atoms with Crippen LogP contribution in [0.4, 0.5) is 10.1 Å². The highest BCUT2D eigenvalue weighted by Crippen LogP contribution is 2.31. The fourth-order valence-electron chi connectivity index (χ4n) is 2.20. The number of rotatable bonds is 1. The summed E-state index contributed by atoms with van der Waals surface area (Å²) < 4.78 is 13.5. The number of amides is 1. The number of nitrogens with one attached hydrogen (secondary N) is 1. The van der Waals surface area contributed by atoms with Gasteiger partial charge >= 0.3 is 0 Å². The molecule has 1 atom stereocenters. The van der Waals surface area contributed by atoms with Gasteiger partial charge in [-0.3, -0.25) is 9.59 Å². The smallest absolute Gasteiger partial charge is 0.217 e. The minimum absolute atomic E-state index is 0.140. The number of hydrogen-bond donors (Lipinski definition) is 2. The van der Waals surface area contributed by atoms with E-state index in [0.717, 1.165) is 6.07 Å². The van der Waals surface area contributed by atoms with Crippen LogP contribution in [0.5, 0.6) is 0 Å². The molecule has 0 radical (unpaired) electrons. The molecule has 0 fully saturated rings. The third-order valence-electron chi connectivity index (χ3n) is 3.03. The summed E-state index contributed by atoms with van der Waals surface area (Å²) in [6.07, 6.45) is 0.307. The SMILES string of the molecule is CC(=O)NC1Cc2c(C)c(F)cc(N)c2C1=O. The molecule has 1 amide bonds. The molecule has 4 nitrogen and oxygen atoms in total. The Balaban J connectivity index is 2.48. The van der Waals surface area contributed by atoms with Gasteiger partial charge in [0.15, 0.2) is 5.78 Å². The molecule has 3 N–H and O–H groups in total. The average molecular weight is 236 g/mol. The molecule has 2 rings (SSSR count). The van der Waals surface area contributed by atoms with E-state index in [-0.39, 0.29) is 17.4 Å². The first kappa shape index (κ1) is 11.6. The highest BCUT2D eigenvalue weighted by atomic mass is 19.1. The predicted molar refractivity (Wildman–Crippen MR) is 61.2 cm³/mol. The van der Waals surface area contributed by atoms with Gasteiger partial charge in [0.2, 0.25) is 5.91 Å². The summed E-state index contributed by atoms with van der Waals surface area (Å²) in [6, 6.07) is 0.535. The van der Waals surface area contributed by atoms with Crippen molar-refractivity contribution >= 4 is 17.4 Å². The molecular formula is C12H13FN2O2. The lowest BCUT2D eigenvalue weighted by molar-refractivity contribution is -0.119. The molecule has 1 aromatic rings. The molecule has 90 valence electrons. The zero-order valence-corrected chi connectivity index (χ0v) is 9.63. The van der Waals surface area contributed by atoms with Gasteiger partial charge in [0.1, 0.15) is 5.82 Å². The average Bonchev–Trinajstić information content (AvgIpc) is 2.53. The largest absolute Gasteiger partial charge is 0.398 e. The van der Waals surface area contributed by atoms with Crippen LogP contribution in [-0.2, 0) is 11.2 Å². The van der Waals surface area contributed by atoms with Crippen molar-refractivity contribution in [1.82, 2.24) is 5.32 Å². The van der Waals surface area contributed by atoms with Crippen molar-refractivity contribution in [1.29, 1.82) is 0 Å². The fraction of sp³-hybridized carbons (Fsp3) is 0.333. The summed E-state index contributed by atoms with van der Waals surface area (Å²) in [4.78, 5) is 23.0. The highest BCUT2D eigenvalue weighted by Gasteiger charge is 2.34. The lowest BCUT2D eigenvalue weighted by atomic mass is 10.0. The number of hydrogen-bond acceptors (Lipinski definition) is 3. The normalized spacial score (nSPS) is 18.1. The van der Waals surface area contributed by atoms with Gasteiger partial charge in [-0.15, -0.1) is 0 Å². The van der Waals surface area contributed by atoms with E-state index in [1.54, 1.807) is 6.92 Å². The second kappa shape index (κ2) is 3.84. The summed E-state index contributed by atoms with van der Waals surface area (Å²) in [5.41, 5.74) is 7.17. The van der Waals surface area contributed by atoms with E-state index in [0.29, 0.717) is 23.1 Å². The van der Waals surface area contributed by atoms with Crippen molar-refractivity contribution in [2.24, 2.45) is 0 Å². The molecule has 1 aromatic carbocycles. The van der Waals surface area contributed by atoms with Crippen LogP contribution >= 0.6 is 0 Å². The summed E-state index contributed by atoms with van der Waals surface area (Å²) >= 11 is 0. The zero-order valence-electron chi connectivity index (χ0n) is 9.63. The van der Waals surface area contributed by atoms with E-state index in [4.69, 9.17) is 5.73 Å². The van der Waals surface area contributed by atoms with Gasteiger partial charge in [-0.2, -0.15) is 0 Å². The number of nitrogen functional groups attached to an aromatic ring is 1. The van der Waals surface area contributed by atoms with Crippen LogP contribution in [0.25, 0.3) is 0 Å². The number of halogens is 1. The standard InChI is InChI=1S/C12H13FN2O2/c1-5-7-3-10(15-6(2)16)12(17)11(7)9(14)4-8(5)13/h4,10H,3,14H2,1-2H3,(H,15,16). The van der Waals surface area contributed by atoms with Gasteiger partial charge in [0, 0.05) is 24.6 Å². The van der Waals surface area contributed by atoms with Gasteiger partial charge in [-0.05, 0) is 24.1 Å². The maximum atomic E-state index is 13.5. The number of anilines is 1. The second-order valence-corrected chi connectivity index (χ2v) is 4.25. The Labute approximate surface area is 98.0 Å². The van der Waals surface area contributed by atoms with Crippen LogP contribution in [0.15, 0.2) is 6.07 Å². The lowest BCUT2D eigenvalue weighted by Crippen LogP contribution is -2.37. The summed E-state index contributed by atoms with van der Waals surface area (Å²) in [5.74, 6) is -0.943. The van der Waals surface area contributed by atoms with E-state index in [2.05, 4.69) is 5.32 Å². The van der Waals surface area contributed by atoms with E-state index >= 15 is 0 Å². The van der Waals surface area contributed by atoms with Crippen LogP contribution in [0.3, 0.4) is 0 Å². The molecule has 1 aliphatic rings. The van der Waals surface area contributed by atoms with E-state index in [1.165, 1.54) is 6.92 Å². The van der Waals surface area contributed by atoms with Crippen molar-refractivity contribution in [3.05, 3.63) is 28.6 Å².